The first-order valence-electron chi connectivity index (χ1n) is 7.29. The minimum absolute atomic E-state index is 0.0479. The van der Waals surface area contributed by atoms with Crippen LogP contribution >= 0.6 is 31.9 Å². The normalized spacial score (nSPS) is 17.8. The molecule has 1 unspecified atom stereocenters. The van der Waals surface area contributed by atoms with Crippen molar-refractivity contribution in [1.82, 2.24) is 0 Å². The maximum atomic E-state index is 11.8. The van der Waals surface area contributed by atoms with Crippen LogP contribution in [0.3, 0.4) is 0 Å². The van der Waals surface area contributed by atoms with Crippen molar-refractivity contribution in [3.8, 4) is 0 Å². The second kappa shape index (κ2) is 5.67. The fourth-order valence-corrected chi connectivity index (χ4v) is 4.63. The maximum Gasteiger partial charge on any atom is 0.317 e. The monoisotopic (exact) mass is 468 g/mol. The van der Waals surface area contributed by atoms with Crippen molar-refractivity contribution in [3.05, 3.63) is 70.6 Å². The van der Waals surface area contributed by atoms with Gasteiger partial charge in [0.15, 0.2) is 0 Å². The van der Waals surface area contributed by atoms with E-state index in [0.717, 1.165) is 5.69 Å². The number of hydrogen-bond acceptors (Lipinski definition) is 6. The Morgan fingerprint density at radius 2 is 1.84 bits per heavy atom. The molecule has 4 rings (SSSR count). The Morgan fingerprint density at radius 3 is 2.52 bits per heavy atom. The maximum absolute atomic E-state index is 11.8. The molecule has 0 aromatic heterocycles. The van der Waals surface area contributed by atoms with Gasteiger partial charge in [-0.1, -0.05) is 22.0 Å². The molecule has 2 heterocycles. The molecule has 0 radical (unpaired) electrons. The summed E-state index contributed by atoms with van der Waals surface area (Å²) in [6.07, 6.45) is -1.06. The Hall–Kier alpha value is -2.20. The van der Waals surface area contributed by atoms with Crippen LogP contribution in [0.25, 0.3) is 0 Å². The van der Waals surface area contributed by atoms with Gasteiger partial charge in [0.05, 0.1) is 33.5 Å². The molecule has 10 heteroatoms. The fraction of sp³-hybridized carbons (Fsp3) is 0.200. The zero-order valence-corrected chi connectivity index (χ0v) is 15.7. The average molecular weight is 470 g/mol. The van der Waals surface area contributed by atoms with E-state index >= 15 is 0 Å². The van der Waals surface area contributed by atoms with Crippen molar-refractivity contribution in [2.75, 3.05) is 16.5 Å². The van der Waals surface area contributed by atoms with Crippen molar-refractivity contribution in [2.45, 2.75) is 12.7 Å². The van der Waals surface area contributed by atoms with Gasteiger partial charge in [0.2, 0.25) is 0 Å². The fourth-order valence-electron chi connectivity index (χ4n) is 3.46. The molecule has 2 aromatic carbocycles. The van der Waals surface area contributed by atoms with Crippen LogP contribution in [0.1, 0.15) is 17.3 Å². The van der Waals surface area contributed by atoms with E-state index in [1.54, 1.807) is 17.0 Å². The van der Waals surface area contributed by atoms with E-state index < -0.39 is 11.1 Å². The topological polar surface area (TPSA) is 92.8 Å². The van der Waals surface area contributed by atoms with Gasteiger partial charge in [-0.15, -0.1) is 0 Å². The number of benzene rings is 2. The van der Waals surface area contributed by atoms with Gasteiger partial charge in [-0.2, -0.15) is 0 Å². The van der Waals surface area contributed by atoms with Crippen molar-refractivity contribution >= 4 is 48.9 Å². The van der Waals surface area contributed by atoms with Gasteiger partial charge in [-0.3, -0.25) is 25.1 Å². The highest BCUT2D eigenvalue weighted by atomic mass is 79.9. The Balaban J connectivity index is 1.96. The first-order valence-corrected chi connectivity index (χ1v) is 8.88. The minimum Gasteiger partial charge on any atom is -0.349 e. The number of nitro groups is 2. The number of fused-ring (bicyclic) bond motifs is 6. The Morgan fingerprint density at radius 1 is 1.08 bits per heavy atom. The van der Waals surface area contributed by atoms with Gasteiger partial charge in [0, 0.05) is 22.6 Å². The highest BCUT2D eigenvalue weighted by molar-refractivity contribution is 9.11. The van der Waals surface area contributed by atoms with Crippen molar-refractivity contribution in [1.29, 1.82) is 0 Å². The number of halogens is 2. The lowest BCUT2D eigenvalue weighted by Crippen LogP contribution is -2.51. The molecule has 0 aliphatic carbocycles. The van der Waals surface area contributed by atoms with E-state index in [4.69, 9.17) is 0 Å². The van der Waals surface area contributed by atoms with E-state index in [2.05, 4.69) is 31.9 Å². The highest BCUT2D eigenvalue weighted by Gasteiger charge is 2.45. The number of anilines is 2. The first-order chi connectivity index (χ1) is 11.9. The third-order valence-corrected chi connectivity index (χ3v) is 6.08. The standard InChI is InChI=1S/C15H10Br2N4O4/c16-9-2-1-3-11-13(9)15(21(24)25)19-7-18(11)6-8-10(19)4-5-12(14(8)17)20(22)23/h1-5,15H,6-7H2. The Bertz CT molecular complexity index is 936. The van der Waals surface area contributed by atoms with E-state index in [0.29, 0.717) is 39.0 Å². The summed E-state index contributed by atoms with van der Waals surface area (Å²) in [5, 5.41) is 23.0. The summed E-state index contributed by atoms with van der Waals surface area (Å²) in [6, 6.07) is 8.42. The van der Waals surface area contributed by atoms with Gasteiger partial charge in [0.25, 0.3) is 5.69 Å². The largest absolute Gasteiger partial charge is 0.349 e. The SMILES string of the molecule is O=[N+]([O-])c1ccc2c(c1Br)CN1CN2C([N+](=O)[O-])c2c(Br)cccc21. The summed E-state index contributed by atoms with van der Waals surface area (Å²) >= 11 is 6.74. The van der Waals surface area contributed by atoms with Crippen LogP contribution in [-0.2, 0) is 6.54 Å². The number of hydrogen-bond donors (Lipinski definition) is 0. The summed E-state index contributed by atoms with van der Waals surface area (Å²) in [5.74, 6) is 0. The zero-order valence-electron chi connectivity index (χ0n) is 12.6. The van der Waals surface area contributed by atoms with Gasteiger partial charge in [0.1, 0.15) is 4.47 Å². The molecule has 0 saturated heterocycles. The predicted octanol–water partition coefficient (Wildman–Crippen LogP) is 4.19. The molecule has 0 fully saturated rings. The summed E-state index contributed by atoms with van der Waals surface area (Å²) < 4.78 is 1.04. The van der Waals surface area contributed by atoms with Crippen molar-refractivity contribution in [3.63, 3.8) is 0 Å². The molecular weight excluding hydrogens is 460 g/mol. The first kappa shape index (κ1) is 16.3. The van der Waals surface area contributed by atoms with Gasteiger partial charge in [-0.25, -0.2) is 0 Å². The molecule has 25 heavy (non-hydrogen) atoms. The van der Waals surface area contributed by atoms with Crippen molar-refractivity contribution < 1.29 is 9.85 Å². The zero-order chi connectivity index (χ0) is 17.9. The molecule has 0 spiro atoms. The molecule has 0 saturated carbocycles. The van der Waals surface area contributed by atoms with Crippen molar-refractivity contribution in [2.24, 2.45) is 0 Å². The quantitative estimate of drug-likeness (QED) is 0.483. The summed E-state index contributed by atoms with van der Waals surface area (Å²) in [5.41, 5.74) is 2.62. The Labute approximate surface area is 158 Å². The minimum atomic E-state index is -1.06. The average Bonchev–Trinajstić information content (AvgIpc) is 2.56. The van der Waals surface area contributed by atoms with Gasteiger partial charge >= 0.3 is 6.17 Å². The summed E-state index contributed by atoms with van der Waals surface area (Å²) in [6.45, 7) is 0.786. The van der Waals surface area contributed by atoms with Gasteiger partial charge in [-0.05, 0) is 34.1 Å². The number of nitro benzene ring substituents is 1. The lowest BCUT2D eigenvalue weighted by atomic mass is 9.99. The molecule has 0 N–H and O–H groups in total. The second-order valence-corrected chi connectivity index (χ2v) is 7.44. The van der Waals surface area contributed by atoms with Crippen LogP contribution in [0, 0.1) is 20.2 Å². The molecule has 2 aromatic rings. The number of rotatable bonds is 2. The Kier molecular flexibility index (Phi) is 3.69. The van der Waals surface area contributed by atoms with E-state index in [9.17, 15) is 20.2 Å². The summed E-state index contributed by atoms with van der Waals surface area (Å²) in [4.78, 5) is 25.9. The molecular formula is C15H10Br2N4O4. The van der Waals surface area contributed by atoms with E-state index in [1.807, 2.05) is 17.0 Å². The van der Waals surface area contributed by atoms with Gasteiger partial charge < -0.3 is 4.90 Å². The lowest BCUT2D eigenvalue weighted by molar-refractivity contribution is -0.528. The molecule has 2 bridgehead atoms. The van der Waals surface area contributed by atoms with Crippen LogP contribution in [0.4, 0.5) is 17.1 Å². The van der Waals surface area contributed by atoms with Crippen LogP contribution < -0.4 is 9.80 Å². The molecule has 2 aliphatic heterocycles. The van der Waals surface area contributed by atoms with E-state index in [-0.39, 0.29) is 10.6 Å². The van der Waals surface area contributed by atoms with E-state index in [1.165, 1.54) is 6.07 Å². The predicted molar refractivity (Wildman–Crippen MR) is 98.2 cm³/mol. The molecule has 128 valence electrons. The molecule has 0 amide bonds. The third-order valence-electron chi connectivity index (χ3n) is 4.50. The van der Waals surface area contributed by atoms with Crippen LogP contribution in [0.5, 0.6) is 0 Å². The summed E-state index contributed by atoms with van der Waals surface area (Å²) in [7, 11) is 0. The molecule has 8 nitrogen and oxygen atoms in total. The lowest BCUT2D eigenvalue weighted by Gasteiger charge is -2.45. The second-order valence-electron chi connectivity index (χ2n) is 5.79. The smallest absolute Gasteiger partial charge is 0.317 e. The third kappa shape index (κ3) is 2.31. The molecule has 1 atom stereocenters. The highest BCUT2D eigenvalue weighted by Crippen LogP contribution is 2.49. The van der Waals surface area contributed by atoms with Crippen LogP contribution in [0.2, 0.25) is 0 Å². The van der Waals surface area contributed by atoms with Crippen LogP contribution in [0.15, 0.2) is 39.3 Å². The number of nitrogens with zero attached hydrogens (tertiary/aromatic N) is 4. The molecule has 2 aliphatic rings. The van der Waals surface area contributed by atoms with Crippen LogP contribution in [-0.4, -0.2) is 16.5 Å².